The fraction of sp³-hybridized carbons (Fsp3) is 0.588. The zero-order valence-corrected chi connectivity index (χ0v) is 15.5. The molecule has 0 aromatic carbocycles. The Balaban J connectivity index is 1.64. The van der Waals surface area contributed by atoms with Crippen LogP contribution in [0.15, 0.2) is 12.4 Å². The Morgan fingerprint density at radius 2 is 2.12 bits per heavy atom. The van der Waals surface area contributed by atoms with Crippen molar-refractivity contribution in [3.05, 3.63) is 18.1 Å². The fourth-order valence-electron chi connectivity index (χ4n) is 3.28. The van der Waals surface area contributed by atoms with Crippen LogP contribution < -0.4 is 4.90 Å². The summed E-state index contributed by atoms with van der Waals surface area (Å²) in [6, 6.07) is 3.91. The lowest BCUT2D eigenvalue weighted by atomic mass is 10.2. The highest BCUT2D eigenvalue weighted by molar-refractivity contribution is 5.81. The first-order valence-electron chi connectivity index (χ1n) is 8.79. The highest BCUT2D eigenvalue weighted by Crippen LogP contribution is 2.19. The maximum absolute atomic E-state index is 12.5. The molecule has 1 fully saturated rings. The average molecular weight is 356 g/mol. The van der Waals surface area contributed by atoms with Crippen LogP contribution in [0.25, 0.3) is 5.78 Å². The van der Waals surface area contributed by atoms with Gasteiger partial charge in [-0.1, -0.05) is 0 Å². The summed E-state index contributed by atoms with van der Waals surface area (Å²) in [6.45, 7) is 7.54. The van der Waals surface area contributed by atoms with Gasteiger partial charge in [0.25, 0.3) is 5.78 Å². The number of hydrogen-bond donors (Lipinski definition) is 0. The number of hydrogen-bond acceptors (Lipinski definition) is 7. The van der Waals surface area contributed by atoms with Crippen molar-refractivity contribution in [2.45, 2.75) is 26.3 Å². The Labute approximate surface area is 152 Å². The first-order valence-corrected chi connectivity index (χ1v) is 8.79. The molecule has 0 saturated carbocycles. The van der Waals surface area contributed by atoms with E-state index < -0.39 is 0 Å². The second-order valence-electron chi connectivity index (χ2n) is 6.59. The van der Waals surface area contributed by atoms with Crippen molar-refractivity contribution in [3.63, 3.8) is 0 Å². The molecule has 1 unspecified atom stereocenters. The third-order valence-corrected chi connectivity index (χ3v) is 4.84. The van der Waals surface area contributed by atoms with Crippen LogP contribution in [0, 0.1) is 18.3 Å². The van der Waals surface area contributed by atoms with Crippen molar-refractivity contribution in [2.75, 3.05) is 44.7 Å². The molecule has 0 spiro atoms. The first-order chi connectivity index (χ1) is 12.5. The molecule has 3 rings (SSSR count). The Morgan fingerprint density at radius 3 is 2.81 bits per heavy atom. The third-order valence-electron chi connectivity index (χ3n) is 4.84. The number of fused-ring (bicyclic) bond motifs is 1. The molecule has 0 N–H and O–H groups in total. The smallest absolute Gasteiger partial charge is 0.254 e. The summed E-state index contributed by atoms with van der Waals surface area (Å²) in [4.78, 5) is 27.2. The van der Waals surface area contributed by atoms with E-state index in [4.69, 9.17) is 5.26 Å². The Morgan fingerprint density at radius 1 is 1.38 bits per heavy atom. The van der Waals surface area contributed by atoms with E-state index in [-0.39, 0.29) is 11.9 Å². The van der Waals surface area contributed by atoms with E-state index in [1.54, 1.807) is 16.5 Å². The quantitative estimate of drug-likeness (QED) is 0.761. The number of aromatic nitrogens is 4. The van der Waals surface area contributed by atoms with E-state index in [0.29, 0.717) is 18.7 Å². The topological polar surface area (TPSA) is 93.7 Å². The minimum absolute atomic E-state index is 0.0622. The Kier molecular flexibility index (Phi) is 5.32. The minimum Gasteiger partial charge on any atom is -0.354 e. The molecule has 9 nitrogen and oxygen atoms in total. The molecule has 1 amide bonds. The molecule has 9 heteroatoms. The van der Waals surface area contributed by atoms with E-state index >= 15 is 0 Å². The summed E-state index contributed by atoms with van der Waals surface area (Å²) >= 11 is 0. The van der Waals surface area contributed by atoms with Crippen molar-refractivity contribution in [2.24, 2.45) is 0 Å². The molecule has 138 valence electrons. The van der Waals surface area contributed by atoms with Crippen LogP contribution in [0.4, 0.5) is 5.82 Å². The highest BCUT2D eigenvalue weighted by Gasteiger charge is 2.28. The number of rotatable bonds is 5. The van der Waals surface area contributed by atoms with E-state index in [9.17, 15) is 4.79 Å². The van der Waals surface area contributed by atoms with Crippen molar-refractivity contribution in [1.29, 1.82) is 5.26 Å². The SMILES string of the molecule is Cc1cc(N2CCN(C(C)C(=O)N(C)CCC#N)CC2)n2ncnc2n1. The number of nitrogens with zero attached hydrogens (tertiary/aromatic N) is 8. The largest absolute Gasteiger partial charge is 0.354 e. The van der Waals surface area contributed by atoms with Gasteiger partial charge in [-0.15, -0.1) is 0 Å². The molecule has 2 aromatic heterocycles. The number of piperazine rings is 1. The molecule has 0 aliphatic carbocycles. The highest BCUT2D eigenvalue weighted by atomic mass is 16.2. The molecule has 1 atom stereocenters. The molecular formula is C17H24N8O. The van der Waals surface area contributed by atoms with Crippen LogP contribution in [0.2, 0.25) is 0 Å². The summed E-state index contributed by atoms with van der Waals surface area (Å²) in [7, 11) is 1.76. The van der Waals surface area contributed by atoms with Crippen molar-refractivity contribution >= 4 is 17.5 Å². The van der Waals surface area contributed by atoms with Crippen LogP contribution in [-0.4, -0.2) is 81.1 Å². The van der Waals surface area contributed by atoms with Crippen LogP contribution in [-0.2, 0) is 4.79 Å². The predicted octanol–water partition coefficient (Wildman–Crippen LogP) is 0.315. The van der Waals surface area contributed by atoms with Gasteiger partial charge in [0.15, 0.2) is 0 Å². The second-order valence-corrected chi connectivity index (χ2v) is 6.59. The zero-order valence-electron chi connectivity index (χ0n) is 15.5. The lowest BCUT2D eigenvalue weighted by Crippen LogP contribution is -2.54. The van der Waals surface area contributed by atoms with Gasteiger partial charge in [0, 0.05) is 51.5 Å². The van der Waals surface area contributed by atoms with Crippen molar-refractivity contribution in [1.82, 2.24) is 29.4 Å². The summed E-state index contributed by atoms with van der Waals surface area (Å²) in [6.07, 6.45) is 1.87. The predicted molar refractivity (Wildman–Crippen MR) is 96.6 cm³/mol. The van der Waals surface area contributed by atoms with Crippen LogP contribution in [0.5, 0.6) is 0 Å². The molecule has 0 radical (unpaired) electrons. The number of aryl methyl sites for hydroxylation is 1. The molecule has 0 bridgehead atoms. The Hall–Kier alpha value is -2.73. The third kappa shape index (κ3) is 3.60. The lowest BCUT2D eigenvalue weighted by molar-refractivity contribution is -0.135. The van der Waals surface area contributed by atoms with Gasteiger partial charge < -0.3 is 9.80 Å². The monoisotopic (exact) mass is 356 g/mol. The van der Waals surface area contributed by atoms with E-state index in [0.717, 1.165) is 37.7 Å². The van der Waals surface area contributed by atoms with Crippen LogP contribution in [0.1, 0.15) is 19.0 Å². The van der Waals surface area contributed by atoms with Gasteiger partial charge >= 0.3 is 0 Å². The van der Waals surface area contributed by atoms with Crippen LogP contribution in [0.3, 0.4) is 0 Å². The van der Waals surface area contributed by atoms with Crippen molar-refractivity contribution in [3.8, 4) is 6.07 Å². The summed E-state index contributed by atoms with van der Waals surface area (Å²) in [5, 5.41) is 13.0. The van der Waals surface area contributed by atoms with Crippen LogP contribution >= 0.6 is 0 Å². The molecule has 1 saturated heterocycles. The number of carbonyl (C=O) groups is 1. The van der Waals surface area contributed by atoms with E-state index in [1.165, 1.54) is 6.33 Å². The number of amides is 1. The van der Waals surface area contributed by atoms with E-state index in [1.807, 2.05) is 19.9 Å². The van der Waals surface area contributed by atoms with Crippen molar-refractivity contribution < 1.29 is 4.79 Å². The van der Waals surface area contributed by atoms with Gasteiger partial charge in [0.05, 0.1) is 18.5 Å². The molecular weight excluding hydrogens is 332 g/mol. The molecule has 3 heterocycles. The van der Waals surface area contributed by atoms with Gasteiger partial charge in [0.1, 0.15) is 12.1 Å². The van der Waals surface area contributed by atoms with Gasteiger partial charge in [-0.3, -0.25) is 9.69 Å². The average Bonchev–Trinajstić information content (AvgIpc) is 3.12. The summed E-state index contributed by atoms with van der Waals surface area (Å²) < 4.78 is 1.76. The Bertz CT molecular complexity index is 818. The van der Waals surface area contributed by atoms with Gasteiger partial charge in [-0.25, -0.2) is 4.98 Å². The number of likely N-dealkylation sites (N-methyl/N-ethyl adjacent to an activating group) is 1. The number of anilines is 1. The molecule has 1 aliphatic rings. The standard InChI is InChI=1S/C17H24N8O/c1-13-11-15(25-17(21-13)19-12-20-25)24-9-7-23(8-10-24)14(2)16(26)22(3)6-4-5-18/h11-12,14H,4,6-10H2,1-3H3. The number of carbonyl (C=O) groups excluding carboxylic acids is 1. The normalized spacial score (nSPS) is 16.5. The van der Waals surface area contributed by atoms with Gasteiger partial charge in [-0.2, -0.15) is 19.9 Å². The van der Waals surface area contributed by atoms with E-state index in [2.05, 4.69) is 30.9 Å². The maximum atomic E-state index is 12.5. The molecule has 2 aromatic rings. The van der Waals surface area contributed by atoms with Gasteiger partial charge in [-0.05, 0) is 13.8 Å². The zero-order chi connectivity index (χ0) is 18.7. The summed E-state index contributed by atoms with van der Waals surface area (Å²) in [5.74, 6) is 1.65. The number of nitriles is 1. The minimum atomic E-state index is -0.189. The fourth-order valence-corrected chi connectivity index (χ4v) is 3.28. The van der Waals surface area contributed by atoms with Gasteiger partial charge in [0.2, 0.25) is 5.91 Å². The summed E-state index contributed by atoms with van der Waals surface area (Å²) in [5.41, 5.74) is 0.908. The molecule has 1 aliphatic heterocycles. The molecule has 26 heavy (non-hydrogen) atoms. The second kappa shape index (κ2) is 7.66. The lowest BCUT2D eigenvalue weighted by Gasteiger charge is -2.39. The maximum Gasteiger partial charge on any atom is 0.254 e. The first kappa shape index (κ1) is 18.1.